The van der Waals surface area contributed by atoms with E-state index < -0.39 is 0 Å². The zero-order chi connectivity index (χ0) is 20.4. The first-order valence-corrected chi connectivity index (χ1v) is 9.63. The third-order valence-corrected chi connectivity index (χ3v) is 5.19. The van der Waals surface area contributed by atoms with E-state index in [9.17, 15) is 9.59 Å². The predicted octanol–water partition coefficient (Wildman–Crippen LogP) is 5.06. The molecule has 9 heteroatoms. The molecular weight excluding hydrogens is 414 g/mol. The maximum Gasteiger partial charge on any atom is 0.293 e. The summed E-state index contributed by atoms with van der Waals surface area (Å²) in [4.78, 5) is 29.1. The van der Waals surface area contributed by atoms with Crippen LogP contribution in [0.5, 0.6) is 5.75 Å². The highest BCUT2D eigenvalue weighted by Crippen LogP contribution is 2.30. The van der Waals surface area contributed by atoms with Crippen LogP contribution >= 0.6 is 22.9 Å². The van der Waals surface area contributed by atoms with Gasteiger partial charge in [0, 0.05) is 10.7 Å². The van der Waals surface area contributed by atoms with Gasteiger partial charge in [-0.15, -0.1) is 0 Å². The van der Waals surface area contributed by atoms with Crippen LogP contribution in [0, 0.1) is 0 Å². The second kappa shape index (κ2) is 7.94. The number of hydrogen-bond donors (Lipinski definition) is 2. The number of benzene rings is 2. The van der Waals surface area contributed by atoms with Crippen LogP contribution in [0.4, 0.5) is 10.8 Å². The SMILES string of the molecule is COc1ccc(Cl)cc1C(=O)Nc1ccc2nc(NC(=O)c3ccco3)sc2c1. The quantitative estimate of drug-likeness (QED) is 0.464. The number of amides is 2. The Bertz CT molecular complexity index is 1200. The minimum absolute atomic E-state index is 0.202. The van der Waals surface area contributed by atoms with Crippen LogP contribution in [0.2, 0.25) is 5.02 Å². The van der Waals surface area contributed by atoms with E-state index in [-0.39, 0.29) is 17.6 Å². The van der Waals surface area contributed by atoms with Crippen molar-refractivity contribution in [3.05, 3.63) is 71.1 Å². The Kier molecular flexibility index (Phi) is 5.20. The maximum atomic E-state index is 12.6. The summed E-state index contributed by atoms with van der Waals surface area (Å²) in [5.41, 5.74) is 1.61. The number of methoxy groups -OCH3 is 1. The van der Waals surface area contributed by atoms with Gasteiger partial charge >= 0.3 is 0 Å². The molecule has 146 valence electrons. The maximum absolute atomic E-state index is 12.6. The van der Waals surface area contributed by atoms with Crippen molar-refractivity contribution in [1.29, 1.82) is 0 Å². The van der Waals surface area contributed by atoms with Crippen molar-refractivity contribution in [2.24, 2.45) is 0 Å². The predicted molar refractivity (Wildman–Crippen MR) is 112 cm³/mol. The lowest BCUT2D eigenvalue weighted by atomic mass is 10.2. The van der Waals surface area contributed by atoms with Crippen LogP contribution in [0.15, 0.2) is 59.2 Å². The molecule has 29 heavy (non-hydrogen) atoms. The van der Waals surface area contributed by atoms with Crippen molar-refractivity contribution < 1.29 is 18.7 Å². The highest BCUT2D eigenvalue weighted by molar-refractivity contribution is 7.22. The zero-order valence-electron chi connectivity index (χ0n) is 15.1. The Morgan fingerprint density at radius 2 is 1.97 bits per heavy atom. The molecule has 0 aliphatic heterocycles. The summed E-state index contributed by atoms with van der Waals surface area (Å²) < 4.78 is 11.1. The molecule has 2 amide bonds. The van der Waals surface area contributed by atoms with Gasteiger partial charge in [-0.05, 0) is 48.5 Å². The minimum Gasteiger partial charge on any atom is -0.496 e. The molecule has 4 aromatic rings. The molecule has 0 radical (unpaired) electrons. The van der Waals surface area contributed by atoms with Crippen LogP contribution in [0.1, 0.15) is 20.9 Å². The fraction of sp³-hybridized carbons (Fsp3) is 0.0500. The van der Waals surface area contributed by atoms with Crippen molar-refractivity contribution in [3.63, 3.8) is 0 Å². The summed E-state index contributed by atoms with van der Waals surface area (Å²) in [7, 11) is 1.49. The van der Waals surface area contributed by atoms with E-state index in [0.717, 1.165) is 4.70 Å². The Morgan fingerprint density at radius 3 is 2.72 bits per heavy atom. The first kappa shape index (κ1) is 19.0. The van der Waals surface area contributed by atoms with Crippen molar-refractivity contribution in [1.82, 2.24) is 4.98 Å². The topological polar surface area (TPSA) is 93.5 Å². The number of thiazole rings is 1. The molecule has 2 N–H and O–H groups in total. The molecular formula is C20H14ClN3O4S. The van der Waals surface area contributed by atoms with Crippen LogP contribution < -0.4 is 15.4 Å². The van der Waals surface area contributed by atoms with Crippen molar-refractivity contribution >= 4 is 55.8 Å². The van der Waals surface area contributed by atoms with E-state index in [4.69, 9.17) is 20.8 Å². The van der Waals surface area contributed by atoms with Gasteiger partial charge in [-0.3, -0.25) is 14.9 Å². The first-order valence-electron chi connectivity index (χ1n) is 8.44. The number of nitrogens with one attached hydrogen (secondary N) is 2. The van der Waals surface area contributed by atoms with E-state index in [1.165, 1.54) is 24.7 Å². The lowest BCUT2D eigenvalue weighted by Gasteiger charge is -2.09. The molecule has 2 aromatic carbocycles. The Balaban J connectivity index is 1.54. The number of hydrogen-bond acceptors (Lipinski definition) is 6. The summed E-state index contributed by atoms with van der Waals surface area (Å²) in [6, 6.07) is 13.3. The van der Waals surface area contributed by atoms with Gasteiger partial charge in [-0.25, -0.2) is 4.98 Å². The van der Waals surface area contributed by atoms with Gasteiger partial charge in [0.1, 0.15) is 5.75 Å². The van der Waals surface area contributed by atoms with Gasteiger partial charge in [0.2, 0.25) is 0 Å². The number of carbonyl (C=O) groups is 2. The second-order valence-corrected chi connectivity index (χ2v) is 7.40. The van der Waals surface area contributed by atoms with Gasteiger partial charge in [0.25, 0.3) is 11.8 Å². The standard InChI is InChI=1S/C20H14ClN3O4S/c1-27-15-7-4-11(21)9-13(15)18(25)22-12-5-6-14-17(10-12)29-20(23-14)24-19(26)16-3-2-8-28-16/h2-10H,1H3,(H,22,25)(H,23,24,26). The number of aromatic nitrogens is 1. The summed E-state index contributed by atoms with van der Waals surface area (Å²) in [6.45, 7) is 0. The summed E-state index contributed by atoms with van der Waals surface area (Å²) in [5.74, 6) is -0.100. The van der Waals surface area contributed by atoms with Crippen molar-refractivity contribution in [3.8, 4) is 5.75 Å². The fourth-order valence-corrected chi connectivity index (χ4v) is 3.75. The van der Waals surface area contributed by atoms with Crippen LogP contribution in [-0.2, 0) is 0 Å². The molecule has 0 aliphatic rings. The van der Waals surface area contributed by atoms with E-state index in [2.05, 4.69) is 15.6 Å². The lowest BCUT2D eigenvalue weighted by Crippen LogP contribution is -2.13. The monoisotopic (exact) mass is 427 g/mol. The van der Waals surface area contributed by atoms with Crippen LogP contribution in [-0.4, -0.2) is 23.9 Å². The van der Waals surface area contributed by atoms with Crippen LogP contribution in [0.25, 0.3) is 10.2 Å². The molecule has 0 bridgehead atoms. The highest BCUT2D eigenvalue weighted by Gasteiger charge is 2.15. The van der Waals surface area contributed by atoms with E-state index >= 15 is 0 Å². The molecule has 4 rings (SSSR count). The van der Waals surface area contributed by atoms with Crippen molar-refractivity contribution in [2.45, 2.75) is 0 Å². The molecule has 0 saturated carbocycles. The summed E-state index contributed by atoms with van der Waals surface area (Å²) in [5, 5.41) is 6.39. The molecule has 0 aliphatic carbocycles. The summed E-state index contributed by atoms with van der Waals surface area (Å²) in [6.07, 6.45) is 1.43. The second-order valence-electron chi connectivity index (χ2n) is 5.93. The molecule has 0 atom stereocenters. The largest absolute Gasteiger partial charge is 0.496 e. The first-order chi connectivity index (χ1) is 14.0. The number of furan rings is 1. The lowest BCUT2D eigenvalue weighted by molar-refractivity contribution is 0.0994. The molecule has 0 fully saturated rings. The Hall–Kier alpha value is -3.36. The third kappa shape index (κ3) is 4.08. The number of halogens is 1. The zero-order valence-corrected chi connectivity index (χ0v) is 16.6. The minimum atomic E-state index is -0.379. The fourth-order valence-electron chi connectivity index (χ4n) is 2.68. The number of ether oxygens (including phenoxy) is 1. The third-order valence-electron chi connectivity index (χ3n) is 4.02. The number of anilines is 2. The van der Waals surface area contributed by atoms with Gasteiger partial charge < -0.3 is 14.5 Å². The molecule has 0 saturated heterocycles. The van der Waals surface area contributed by atoms with E-state index in [1.807, 2.05) is 0 Å². The molecule has 7 nitrogen and oxygen atoms in total. The molecule has 0 unspecified atom stereocenters. The number of carbonyl (C=O) groups excluding carboxylic acids is 2. The van der Waals surface area contributed by atoms with Gasteiger partial charge in [0.05, 0.1) is 29.2 Å². The number of nitrogens with zero attached hydrogens (tertiary/aromatic N) is 1. The normalized spacial score (nSPS) is 10.7. The van der Waals surface area contributed by atoms with E-state index in [1.54, 1.807) is 48.5 Å². The Labute approximate surface area is 174 Å². The number of rotatable bonds is 5. The van der Waals surface area contributed by atoms with Gasteiger partial charge in [0.15, 0.2) is 10.9 Å². The Morgan fingerprint density at radius 1 is 1.10 bits per heavy atom. The molecule has 2 aromatic heterocycles. The van der Waals surface area contributed by atoms with Crippen molar-refractivity contribution in [2.75, 3.05) is 17.7 Å². The number of fused-ring (bicyclic) bond motifs is 1. The van der Waals surface area contributed by atoms with E-state index in [0.29, 0.717) is 32.7 Å². The van der Waals surface area contributed by atoms with Gasteiger partial charge in [-0.1, -0.05) is 22.9 Å². The summed E-state index contributed by atoms with van der Waals surface area (Å²) >= 11 is 7.29. The molecule has 2 heterocycles. The highest BCUT2D eigenvalue weighted by atomic mass is 35.5. The average molecular weight is 428 g/mol. The van der Waals surface area contributed by atoms with Crippen LogP contribution in [0.3, 0.4) is 0 Å². The smallest absolute Gasteiger partial charge is 0.293 e. The molecule has 0 spiro atoms. The van der Waals surface area contributed by atoms with Gasteiger partial charge in [-0.2, -0.15) is 0 Å². The average Bonchev–Trinajstić information content (AvgIpc) is 3.37.